The van der Waals surface area contributed by atoms with Gasteiger partial charge in [0.1, 0.15) is 24.4 Å². The van der Waals surface area contributed by atoms with E-state index in [1.165, 1.54) is 0 Å². The Labute approximate surface area is 207 Å². The van der Waals surface area contributed by atoms with Gasteiger partial charge < -0.3 is 19.2 Å². The summed E-state index contributed by atoms with van der Waals surface area (Å²) in [7, 11) is 4.00. The lowest BCUT2D eigenvalue weighted by Crippen LogP contribution is -2.19. The first-order valence-electron chi connectivity index (χ1n) is 11.9. The molecule has 0 aromatic heterocycles. The van der Waals surface area contributed by atoms with Crippen LogP contribution in [-0.4, -0.2) is 50.8 Å². The first-order valence-corrected chi connectivity index (χ1v) is 11.9. The quantitative estimate of drug-likeness (QED) is 0.290. The standard InChI is InChI=1S/C30H31NO4/c1-4-34-24-13-9-21(10-14-24)28-19-23(20-32)26-7-5-6-8-27(26)29(28)30(33)22-11-15-25(16-12-22)35-18-17-31(2)3/h5-16,20,23H,4,17-19H2,1-3H3. The minimum Gasteiger partial charge on any atom is -0.494 e. The smallest absolute Gasteiger partial charge is 0.193 e. The molecule has 4 rings (SSSR count). The Morgan fingerprint density at radius 1 is 0.943 bits per heavy atom. The summed E-state index contributed by atoms with van der Waals surface area (Å²) >= 11 is 0. The van der Waals surface area contributed by atoms with Crippen LogP contribution in [0.2, 0.25) is 0 Å². The third-order valence-corrected chi connectivity index (χ3v) is 6.18. The molecule has 3 aromatic rings. The summed E-state index contributed by atoms with van der Waals surface area (Å²) in [5.74, 6) is 1.15. The van der Waals surface area contributed by atoms with Crippen molar-refractivity contribution in [2.45, 2.75) is 19.3 Å². The number of aldehydes is 1. The van der Waals surface area contributed by atoms with E-state index in [-0.39, 0.29) is 11.7 Å². The summed E-state index contributed by atoms with van der Waals surface area (Å²) in [5.41, 5.74) is 4.73. The molecule has 180 valence electrons. The van der Waals surface area contributed by atoms with E-state index in [1.807, 2.05) is 93.8 Å². The Kier molecular flexibility index (Phi) is 7.78. The molecule has 0 heterocycles. The Balaban J connectivity index is 1.74. The van der Waals surface area contributed by atoms with Crippen molar-refractivity contribution < 1.29 is 19.1 Å². The molecule has 1 unspecified atom stereocenters. The molecule has 0 fully saturated rings. The molecular formula is C30H31NO4. The molecular weight excluding hydrogens is 438 g/mol. The SMILES string of the molecule is CCOc1ccc(C2=C(C(=O)c3ccc(OCCN(C)C)cc3)c3ccccc3C(C=O)C2)cc1. The van der Waals surface area contributed by atoms with Crippen LogP contribution in [0, 0.1) is 0 Å². The Morgan fingerprint density at radius 2 is 1.60 bits per heavy atom. The number of rotatable bonds is 10. The largest absolute Gasteiger partial charge is 0.494 e. The molecule has 0 spiro atoms. The Morgan fingerprint density at radius 3 is 2.26 bits per heavy atom. The van der Waals surface area contributed by atoms with Gasteiger partial charge in [-0.3, -0.25) is 4.79 Å². The second-order valence-corrected chi connectivity index (χ2v) is 8.85. The summed E-state index contributed by atoms with van der Waals surface area (Å²) in [5, 5.41) is 0. The van der Waals surface area contributed by atoms with Crippen molar-refractivity contribution in [2.75, 3.05) is 33.9 Å². The highest BCUT2D eigenvalue weighted by molar-refractivity contribution is 6.35. The highest BCUT2D eigenvalue weighted by atomic mass is 16.5. The molecule has 0 radical (unpaired) electrons. The molecule has 3 aromatic carbocycles. The lowest BCUT2D eigenvalue weighted by molar-refractivity contribution is -0.109. The van der Waals surface area contributed by atoms with Crippen LogP contribution in [0.15, 0.2) is 72.8 Å². The lowest BCUT2D eigenvalue weighted by atomic mass is 9.75. The van der Waals surface area contributed by atoms with Gasteiger partial charge in [-0.1, -0.05) is 36.4 Å². The van der Waals surface area contributed by atoms with Crippen LogP contribution in [0.25, 0.3) is 11.1 Å². The summed E-state index contributed by atoms with van der Waals surface area (Å²) in [4.78, 5) is 28.0. The normalized spacial score (nSPS) is 15.0. The monoisotopic (exact) mass is 469 g/mol. The first-order chi connectivity index (χ1) is 17.0. The predicted molar refractivity (Wildman–Crippen MR) is 139 cm³/mol. The average molecular weight is 470 g/mol. The van der Waals surface area contributed by atoms with E-state index in [1.54, 1.807) is 0 Å². The minimum atomic E-state index is -0.295. The molecule has 5 heteroatoms. The number of likely N-dealkylation sites (N-methyl/N-ethyl adjacent to an activating group) is 1. The third kappa shape index (κ3) is 5.52. The van der Waals surface area contributed by atoms with Crippen molar-refractivity contribution in [1.82, 2.24) is 4.90 Å². The summed E-state index contributed by atoms with van der Waals surface area (Å²) in [6.45, 7) is 3.92. The molecule has 35 heavy (non-hydrogen) atoms. The van der Waals surface area contributed by atoms with Gasteiger partial charge in [-0.25, -0.2) is 0 Å². The first kappa shape index (κ1) is 24.4. The molecule has 5 nitrogen and oxygen atoms in total. The zero-order valence-corrected chi connectivity index (χ0v) is 20.5. The lowest BCUT2D eigenvalue weighted by Gasteiger charge is -2.27. The van der Waals surface area contributed by atoms with E-state index < -0.39 is 0 Å². The van der Waals surface area contributed by atoms with E-state index in [4.69, 9.17) is 9.47 Å². The number of carbonyl (C=O) groups excluding carboxylic acids is 2. The zero-order valence-electron chi connectivity index (χ0n) is 20.5. The fraction of sp³-hybridized carbons (Fsp3) is 0.267. The van der Waals surface area contributed by atoms with Gasteiger partial charge in [-0.15, -0.1) is 0 Å². The number of hydrogen-bond acceptors (Lipinski definition) is 5. The molecule has 1 aliphatic carbocycles. The average Bonchev–Trinajstić information content (AvgIpc) is 2.88. The highest BCUT2D eigenvalue weighted by Gasteiger charge is 2.31. The fourth-order valence-corrected chi connectivity index (χ4v) is 4.40. The van der Waals surface area contributed by atoms with Gasteiger partial charge in [0.15, 0.2) is 5.78 Å². The minimum absolute atomic E-state index is 0.0643. The van der Waals surface area contributed by atoms with Crippen molar-refractivity contribution in [1.29, 1.82) is 0 Å². The van der Waals surface area contributed by atoms with Gasteiger partial charge in [-0.05, 0) is 86.1 Å². The third-order valence-electron chi connectivity index (χ3n) is 6.18. The number of benzene rings is 3. The van der Waals surface area contributed by atoms with E-state index in [2.05, 4.69) is 4.90 Å². The topological polar surface area (TPSA) is 55.8 Å². The predicted octanol–water partition coefficient (Wildman–Crippen LogP) is 5.51. The summed E-state index contributed by atoms with van der Waals surface area (Å²) < 4.78 is 11.4. The van der Waals surface area contributed by atoms with Gasteiger partial charge in [-0.2, -0.15) is 0 Å². The molecule has 0 amide bonds. The maximum Gasteiger partial charge on any atom is 0.193 e. The maximum absolute atomic E-state index is 13.9. The van der Waals surface area contributed by atoms with E-state index in [9.17, 15) is 9.59 Å². The van der Waals surface area contributed by atoms with Gasteiger partial charge in [0.25, 0.3) is 0 Å². The van der Waals surface area contributed by atoms with Crippen LogP contribution in [0.3, 0.4) is 0 Å². The van der Waals surface area contributed by atoms with Crippen molar-refractivity contribution >= 4 is 23.2 Å². The number of hydrogen-bond donors (Lipinski definition) is 0. The fourth-order valence-electron chi connectivity index (χ4n) is 4.40. The maximum atomic E-state index is 13.9. The molecule has 0 bridgehead atoms. The van der Waals surface area contributed by atoms with Crippen molar-refractivity contribution in [3.63, 3.8) is 0 Å². The summed E-state index contributed by atoms with van der Waals surface area (Å²) in [6.07, 6.45) is 1.45. The molecule has 1 aliphatic rings. The van der Waals surface area contributed by atoms with Gasteiger partial charge in [0, 0.05) is 23.6 Å². The van der Waals surface area contributed by atoms with Crippen LogP contribution < -0.4 is 9.47 Å². The Bertz CT molecular complexity index is 1210. The number of fused-ring (bicyclic) bond motifs is 1. The van der Waals surface area contributed by atoms with Crippen molar-refractivity contribution in [2.24, 2.45) is 0 Å². The number of allylic oxidation sites excluding steroid dienone is 2. The van der Waals surface area contributed by atoms with Crippen LogP contribution in [0.1, 0.15) is 46.3 Å². The second kappa shape index (κ2) is 11.2. The molecule has 0 aliphatic heterocycles. The molecule has 0 saturated carbocycles. The molecule has 1 atom stereocenters. The van der Waals surface area contributed by atoms with Crippen molar-refractivity contribution in [3.05, 3.63) is 95.1 Å². The van der Waals surface area contributed by atoms with Crippen LogP contribution in [0.5, 0.6) is 11.5 Å². The van der Waals surface area contributed by atoms with E-state index >= 15 is 0 Å². The number of nitrogens with zero attached hydrogens (tertiary/aromatic N) is 1. The Hall–Kier alpha value is -3.70. The molecule has 0 N–H and O–H groups in total. The number of ketones is 1. The number of ether oxygens (including phenoxy) is 2. The van der Waals surface area contributed by atoms with Crippen LogP contribution in [-0.2, 0) is 4.79 Å². The van der Waals surface area contributed by atoms with Crippen LogP contribution in [0.4, 0.5) is 0 Å². The summed E-state index contributed by atoms with van der Waals surface area (Å²) in [6, 6.07) is 22.7. The van der Waals surface area contributed by atoms with Gasteiger partial charge in [0.05, 0.1) is 6.61 Å². The zero-order chi connectivity index (χ0) is 24.8. The van der Waals surface area contributed by atoms with E-state index in [0.717, 1.165) is 46.6 Å². The number of carbonyl (C=O) groups is 2. The highest BCUT2D eigenvalue weighted by Crippen LogP contribution is 2.43. The number of Topliss-reactive ketones (excluding diaryl/α,β-unsaturated/α-hetero) is 1. The van der Waals surface area contributed by atoms with E-state index in [0.29, 0.717) is 30.8 Å². The molecule has 0 saturated heterocycles. The second-order valence-electron chi connectivity index (χ2n) is 8.85. The van der Waals surface area contributed by atoms with Gasteiger partial charge >= 0.3 is 0 Å². The van der Waals surface area contributed by atoms with Gasteiger partial charge in [0.2, 0.25) is 0 Å². The van der Waals surface area contributed by atoms with Crippen molar-refractivity contribution in [3.8, 4) is 11.5 Å². The van der Waals surface area contributed by atoms with Crippen LogP contribution >= 0.6 is 0 Å².